The summed E-state index contributed by atoms with van der Waals surface area (Å²) >= 11 is 0. The van der Waals surface area contributed by atoms with Gasteiger partial charge in [0.25, 0.3) is 11.8 Å². The number of likely N-dealkylation sites (tertiary alicyclic amines) is 1. The molecule has 0 unspecified atom stereocenters. The number of piperidine rings is 1. The minimum atomic E-state index is -2.56. The molecule has 6 rings (SSSR count). The van der Waals surface area contributed by atoms with Gasteiger partial charge in [0.1, 0.15) is 5.82 Å². The smallest absolute Gasteiger partial charge is 0.276 e. The van der Waals surface area contributed by atoms with Gasteiger partial charge < -0.3 is 10.2 Å². The number of nitrogens with one attached hydrogen (secondary N) is 2. The molecule has 2 aliphatic heterocycles. The molecule has 38 heavy (non-hydrogen) atoms. The molecule has 0 spiro atoms. The molecule has 3 aromatic heterocycles. The van der Waals surface area contributed by atoms with Gasteiger partial charge in [-0.05, 0) is 54.3 Å². The summed E-state index contributed by atoms with van der Waals surface area (Å²) in [5, 5.41) is 10.8. The van der Waals surface area contributed by atoms with E-state index in [0.29, 0.717) is 36.4 Å². The lowest BCUT2D eigenvalue weighted by Crippen LogP contribution is -2.38. The molecule has 0 aliphatic carbocycles. The Morgan fingerprint density at radius 2 is 1.79 bits per heavy atom. The number of hydrogen-bond donors (Lipinski definition) is 2. The molecular formula is C28H29F2N7O. The molecule has 196 valence electrons. The van der Waals surface area contributed by atoms with Gasteiger partial charge >= 0.3 is 0 Å². The molecular weight excluding hydrogens is 488 g/mol. The van der Waals surface area contributed by atoms with E-state index in [-0.39, 0.29) is 18.7 Å². The predicted octanol–water partition coefficient (Wildman–Crippen LogP) is 5.10. The Balaban J connectivity index is 1.18. The molecule has 0 radical (unpaired) electrons. The fourth-order valence-electron chi connectivity index (χ4n) is 5.18. The van der Waals surface area contributed by atoms with E-state index in [0.717, 1.165) is 41.1 Å². The normalized spacial score (nSPS) is 17.7. The van der Waals surface area contributed by atoms with Crippen LogP contribution in [0.3, 0.4) is 0 Å². The number of hydrogen-bond acceptors (Lipinski definition) is 6. The first kappa shape index (κ1) is 24.4. The summed E-state index contributed by atoms with van der Waals surface area (Å²) < 4.78 is 27.0. The second-order valence-corrected chi connectivity index (χ2v) is 10.1. The molecule has 1 amide bonds. The first-order valence-electron chi connectivity index (χ1n) is 13.0. The standard InChI is InChI=1S/C28H29F2N7O/c29-28(30)7-11-36(12-8-28)18-19-13-21(16-31-15-19)20-3-5-24-23(14-20)26(35-34-24)27(38)33-22-4-6-25(32-17-22)37-9-1-2-10-37/h3-6,13-17H,1-2,7-12,18H2,(H,33,38)(H,34,35). The summed E-state index contributed by atoms with van der Waals surface area (Å²) in [7, 11) is 0. The summed E-state index contributed by atoms with van der Waals surface area (Å²) in [4.78, 5) is 26.3. The third-order valence-corrected chi connectivity index (χ3v) is 7.34. The maximum absolute atomic E-state index is 13.5. The molecule has 5 heterocycles. The van der Waals surface area contributed by atoms with Crippen molar-refractivity contribution >= 4 is 28.3 Å². The number of amides is 1. The lowest BCUT2D eigenvalue weighted by atomic mass is 10.0. The fraction of sp³-hybridized carbons (Fsp3) is 0.357. The number of nitrogens with zero attached hydrogens (tertiary/aromatic N) is 5. The van der Waals surface area contributed by atoms with Gasteiger partial charge in [0.2, 0.25) is 0 Å². The van der Waals surface area contributed by atoms with Crippen LogP contribution in [-0.4, -0.2) is 63.1 Å². The summed E-state index contributed by atoms with van der Waals surface area (Å²) in [5.41, 5.74) is 4.40. The topological polar surface area (TPSA) is 90.0 Å². The molecule has 8 nitrogen and oxygen atoms in total. The summed E-state index contributed by atoms with van der Waals surface area (Å²) in [5.74, 6) is -1.96. The van der Waals surface area contributed by atoms with E-state index < -0.39 is 5.92 Å². The minimum Gasteiger partial charge on any atom is -0.357 e. The number of rotatable bonds is 6. The number of halogens is 2. The fourth-order valence-corrected chi connectivity index (χ4v) is 5.18. The van der Waals surface area contributed by atoms with Crippen LogP contribution in [0.1, 0.15) is 41.7 Å². The van der Waals surface area contributed by atoms with Gasteiger partial charge in [-0.3, -0.25) is 19.8 Å². The monoisotopic (exact) mass is 517 g/mol. The first-order valence-corrected chi connectivity index (χ1v) is 13.0. The number of alkyl halides is 2. The Morgan fingerprint density at radius 1 is 0.974 bits per heavy atom. The van der Waals surface area contributed by atoms with E-state index in [9.17, 15) is 13.6 Å². The number of benzene rings is 1. The van der Waals surface area contributed by atoms with Gasteiger partial charge in [-0.25, -0.2) is 13.8 Å². The van der Waals surface area contributed by atoms with Crippen molar-refractivity contribution in [3.8, 4) is 11.1 Å². The van der Waals surface area contributed by atoms with Crippen molar-refractivity contribution in [1.29, 1.82) is 0 Å². The zero-order valence-corrected chi connectivity index (χ0v) is 21.0. The van der Waals surface area contributed by atoms with Crippen LogP contribution in [0.4, 0.5) is 20.3 Å². The quantitative estimate of drug-likeness (QED) is 0.370. The van der Waals surface area contributed by atoms with E-state index in [1.54, 1.807) is 18.6 Å². The highest BCUT2D eigenvalue weighted by Gasteiger charge is 2.33. The van der Waals surface area contributed by atoms with Gasteiger partial charge in [0, 0.05) is 68.9 Å². The van der Waals surface area contributed by atoms with Crippen LogP contribution in [0.15, 0.2) is 55.0 Å². The molecule has 0 saturated carbocycles. The molecule has 0 atom stereocenters. The van der Waals surface area contributed by atoms with E-state index in [1.165, 1.54) is 12.8 Å². The van der Waals surface area contributed by atoms with Crippen molar-refractivity contribution in [1.82, 2.24) is 25.1 Å². The van der Waals surface area contributed by atoms with Gasteiger partial charge in [0.15, 0.2) is 5.69 Å². The van der Waals surface area contributed by atoms with Crippen LogP contribution in [0.2, 0.25) is 0 Å². The lowest BCUT2D eigenvalue weighted by Gasteiger charge is -2.31. The van der Waals surface area contributed by atoms with E-state index in [1.807, 2.05) is 41.3 Å². The maximum atomic E-state index is 13.5. The van der Waals surface area contributed by atoms with Crippen molar-refractivity contribution in [3.05, 3.63) is 66.2 Å². The van der Waals surface area contributed by atoms with Crippen LogP contribution in [0, 0.1) is 0 Å². The average molecular weight is 518 g/mol. The Hall–Kier alpha value is -3.92. The average Bonchev–Trinajstić information content (AvgIpc) is 3.61. The van der Waals surface area contributed by atoms with Crippen LogP contribution < -0.4 is 10.2 Å². The summed E-state index contributed by atoms with van der Waals surface area (Å²) in [6.45, 7) is 3.33. The molecule has 10 heteroatoms. The number of aromatic nitrogens is 4. The van der Waals surface area contributed by atoms with Crippen LogP contribution in [-0.2, 0) is 6.54 Å². The Labute approximate surface area is 219 Å². The SMILES string of the molecule is O=C(Nc1ccc(N2CCCC2)nc1)c1n[nH]c2ccc(-c3cncc(CN4CCC(F)(F)CC4)c3)cc12. The van der Waals surface area contributed by atoms with Crippen molar-refractivity contribution < 1.29 is 13.6 Å². The van der Waals surface area contributed by atoms with Gasteiger partial charge in [-0.15, -0.1) is 0 Å². The number of anilines is 2. The first-order chi connectivity index (χ1) is 18.4. The molecule has 2 fully saturated rings. The zero-order valence-electron chi connectivity index (χ0n) is 21.0. The Kier molecular flexibility index (Phi) is 6.49. The number of carbonyl (C=O) groups excluding carboxylic acids is 1. The molecule has 2 aliphatic rings. The zero-order chi connectivity index (χ0) is 26.1. The van der Waals surface area contributed by atoms with Gasteiger partial charge in [0.05, 0.1) is 17.4 Å². The minimum absolute atomic E-state index is 0.110. The summed E-state index contributed by atoms with van der Waals surface area (Å²) in [6, 6.07) is 11.6. The Morgan fingerprint density at radius 3 is 2.55 bits per heavy atom. The predicted molar refractivity (Wildman–Crippen MR) is 142 cm³/mol. The van der Waals surface area contributed by atoms with E-state index >= 15 is 0 Å². The molecule has 0 bridgehead atoms. The second kappa shape index (κ2) is 10.1. The number of fused-ring (bicyclic) bond motifs is 1. The second-order valence-electron chi connectivity index (χ2n) is 10.1. The van der Waals surface area contributed by atoms with Crippen molar-refractivity contribution in [3.63, 3.8) is 0 Å². The maximum Gasteiger partial charge on any atom is 0.276 e. The molecule has 2 N–H and O–H groups in total. The third kappa shape index (κ3) is 5.22. The number of carbonyl (C=O) groups is 1. The van der Waals surface area contributed by atoms with Gasteiger partial charge in [-0.1, -0.05) is 6.07 Å². The largest absolute Gasteiger partial charge is 0.357 e. The van der Waals surface area contributed by atoms with Crippen molar-refractivity contribution in [2.75, 3.05) is 36.4 Å². The van der Waals surface area contributed by atoms with Crippen molar-refractivity contribution in [2.45, 2.75) is 38.2 Å². The van der Waals surface area contributed by atoms with Crippen LogP contribution in [0.25, 0.3) is 22.0 Å². The van der Waals surface area contributed by atoms with E-state index in [2.05, 4.69) is 30.4 Å². The lowest BCUT2D eigenvalue weighted by molar-refractivity contribution is -0.0566. The highest BCUT2D eigenvalue weighted by molar-refractivity contribution is 6.11. The van der Waals surface area contributed by atoms with Crippen molar-refractivity contribution in [2.24, 2.45) is 0 Å². The Bertz CT molecular complexity index is 1440. The number of pyridine rings is 2. The number of aromatic amines is 1. The van der Waals surface area contributed by atoms with E-state index in [4.69, 9.17) is 0 Å². The van der Waals surface area contributed by atoms with Crippen LogP contribution in [0.5, 0.6) is 0 Å². The summed E-state index contributed by atoms with van der Waals surface area (Å²) in [6.07, 6.45) is 7.34. The molecule has 1 aromatic carbocycles. The number of H-pyrrole nitrogens is 1. The van der Waals surface area contributed by atoms with Gasteiger partial charge in [-0.2, -0.15) is 5.10 Å². The highest BCUT2D eigenvalue weighted by Crippen LogP contribution is 2.30. The third-order valence-electron chi connectivity index (χ3n) is 7.34. The highest BCUT2D eigenvalue weighted by atomic mass is 19.3. The molecule has 2 saturated heterocycles. The van der Waals surface area contributed by atoms with Crippen LogP contribution >= 0.6 is 0 Å². The molecule has 4 aromatic rings.